The summed E-state index contributed by atoms with van der Waals surface area (Å²) < 4.78 is 11.3. The number of benzene rings is 3. The Morgan fingerprint density at radius 1 is 1.03 bits per heavy atom. The van der Waals surface area contributed by atoms with E-state index < -0.39 is 0 Å². The second kappa shape index (κ2) is 11.8. The minimum atomic E-state index is 0.509. The van der Waals surface area contributed by atoms with Crippen LogP contribution in [0.5, 0.6) is 5.75 Å². The Morgan fingerprint density at radius 2 is 1.74 bits per heavy atom. The van der Waals surface area contributed by atoms with Crippen molar-refractivity contribution in [1.29, 1.82) is 5.26 Å². The lowest BCUT2D eigenvalue weighted by Gasteiger charge is -2.10. The van der Waals surface area contributed by atoms with E-state index in [0.717, 1.165) is 51.7 Å². The number of nitriles is 1. The monoisotopic (exact) mass is 469 g/mol. The van der Waals surface area contributed by atoms with Gasteiger partial charge in [0.1, 0.15) is 18.4 Å². The van der Waals surface area contributed by atoms with Gasteiger partial charge in [0.15, 0.2) is 0 Å². The normalized spacial score (nSPS) is 12.6. The number of ether oxygens (including phenoxy) is 1. The van der Waals surface area contributed by atoms with E-state index in [9.17, 15) is 5.26 Å². The topological polar surface area (TPSA) is 50.0 Å². The lowest BCUT2D eigenvalue weighted by Crippen LogP contribution is -1.99. The lowest BCUT2D eigenvalue weighted by atomic mass is 10.1. The van der Waals surface area contributed by atoms with Crippen LogP contribution >= 0.6 is 11.9 Å². The highest BCUT2D eigenvalue weighted by molar-refractivity contribution is 7.98. The Balaban J connectivity index is 0.000000398. The van der Waals surface area contributed by atoms with E-state index >= 15 is 0 Å². The number of rotatable bonds is 8. The molecule has 34 heavy (non-hydrogen) atoms. The molecule has 0 saturated heterocycles. The number of nitrogens with zero attached hydrogens (tertiary/aromatic N) is 2. The molecule has 5 heteroatoms. The first-order valence-electron chi connectivity index (χ1n) is 11.9. The van der Waals surface area contributed by atoms with Crippen molar-refractivity contribution in [2.45, 2.75) is 44.6 Å². The van der Waals surface area contributed by atoms with Crippen molar-refractivity contribution in [2.75, 3.05) is 7.05 Å². The highest BCUT2D eigenvalue weighted by Crippen LogP contribution is 2.35. The van der Waals surface area contributed by atoms with Crippen LogP contribution in [0.3, 0.4) is 0 Å². The number of aromatic nitrogens is 1. The summed E-state index contributed by atoms with van der Waals surface area (Å²) in [5.74, 6) is 0.779. The molecule has 1 heterocycles. The van der Waals surface area contributed by atoms with E-state index in [2.05, 4.69) is 40.5 Å². The Morgan fingerprint density at radius 3 is 2.32 bits per heavy atom. The number of aryl methyl sites for hydroxylation is 1. The smallest absolute Gasteiger partial charge is 0.120 e. The molecule has 1 N–H and O–H groups in total. The molecule has 0 aliphatic heterocycles. The molecular weight excluding hydrogens is 438 g/mol. The molecule has 5 rings (SSSR count). The fourth-order valence-electron chi connectivity index (χ4n) is 3.98. The minimum absolute atomic E-state index is 0.509. The summed E-state index contributed by atoms with van der Waals surface area (Å²) in [5.41, 5.74) is 4.95. The zero-order chi connectivity index (χ0) is 23.8. The molecule has 0 unspecified atom stereocenters. The van der Waals surface area contributed by atoms with Crippen molar-refractivity contribution >= 4 is 22.9 Å². The van der Waals surface area contributed by atoms with Crippen LogP contribution in [-0.2, 0) is 13.2 Å². The van der Waals surface area contributed by atoms with Crippen molar-refractivity contribution in [3.63, 3.8) is 0 Å². The van der Waals surface area contributed by atoms with E-state index in [0.29, 0.717) is 12.2 Å². The van der Waals surface area contributed by atoms with Gasteiger partial charge in [0.05, 0.1) is 16.8 Å². The summed E-state index contributed by atoms with van der Waals surface area (Å²) in [4.78, 5) is 0. The molecule has 1 fully saturated rings. The van der Waals surface area contributed by atoms with Gasteiger partial charge in [-0.15, -0.1) is 0 Å². The van der Waals surface area contributed by atoms with Crippen LogP contribution < -0.4 is 9.46 Å². The van der Waals surface area contributed by atoms with Gasteiger partial charge < -0.3 is 9.30 Å². The van der Waals surface area contributed by atoms with E-state index in [1.807, 2.05) is 79.7 Å². The van der Waals surface area contributed by atoms with Crippen molar-refractivity contribution in [3.05, 3.63) is 90.0 Å². The highest BCUT2D eigenvalue weighted by Gasteiger charge is 2.20. The summed E-state index contributed by atoms with van der Waals surface area (Å²) in [6, 6.07) is 28.7. The Bertz CT molecular complexity index is 1240. The van der Waals surface area contributed by atoms with Crippen molar-refractivity contribution < 1.29 is 4.74 Å². The zero-order valence-electron chi connectivity index (χ0n) is 19.8. The molecule has 1 aromatic heterocycles. The third-order valence-electron chi connectivity index (χ3n) is 5.70. The van der Waals surface area contributed by atoms with E-state index in [1.54, 1.807) is 0 Å². The van der Waals surface area contributed by atoms with Gasteiger partial charge in [-0.05, 0) is 55.6 Å². The average Bonchev–Trinajstić information content (AvgIpc) is 3.65. The van der Waals surface area contributed by atoms with Crippen molar-refractivity contribution in [1.82, 2.24) is 9.29 Å². The maximum atomic E-state index is 9.95. The van der Waals surface area contributed by atoms with Crippen LogP contribution in [0.15, 0.2) is 78.9 Å². The maximum Gasteiger partial charge on any atom is 0.120 e. The third-order valence-corrected chi connectivity index (χ3v) is 6.74. The second-order valence-electron chi connectivity index (χ2n) is 8.33. The van der Waals surface area contributed by atoms with E-state index in [-0.39, 0.29) is 0 Å². The second-order valence-corrected chi connectivity index (χ2v) is 9.64. The van der Waals surface area contributed by atoms with Gasteiger partial charge in [-0.3, -0.25) is 4.72 Å². The third kappa shape index (κ3) is 5.83. The highest BCUT2D eigenvalue weighted by atomic mass is 32.2. The number of fused-ring (bicyclic) bond motifs is 1. The first kappa shape index (κ1) is 23.9. The van der Waals surface area contributed by atoms with Gasteiger partial charge in [0, 0.05) is 17.2 Å². The van der Waals surface area contributed by atoms with Crippen LogP contribution in [0, 0.1) is 11.3 Å². The van der Waals surface area contributed by atoms with Crippen molar-refractivity contribution in [3.8, 4) is 23.1 Å². The average molecular weight is 470 g/mol. The first-order valence-corrected chi connectivity index (χ1v) is 12.7. The molecule has 0 spiro atoms. The van der Waals surface area contributed by atoms with Gasteiger partial charge in [-0.1, -0.05) is 79.5 Å². The molecule has 1 aliphatic rings. The van der Waals surface area contributed by atoms with E-state index in [4.69, 9.17) is 4.74 Å². The van der Waals surface area contributed by atoms with Crippen LogP contribution in [0.2, 0.25) is 0 Å². The fourth-order valence-corrected chi connectivity index (χ4v) is 4.69. The molecule has 0 atom stereocenters. The standard InChI is InChI=1S/C25H22N2O.C4H9NS/c1-2-15-27-24-14-13-21(28-18-19-9-5-3-6-10-19)16-22(24)23(17-26)25(27)20-11-7-4-8-12-20;1-5-6-4-2-3-4/h3-14,16H,2,15,18H2,1H3;4-5H,2-3H2,1H3. The SMILES string of the molecule is CCCn1c(-c2ccccc2)c(C#N)c2cc(OCc3ccccc3)ccc21.CNSC1CC1. The largest absolute Gasteiger partial charge is 0.489 e. The predicted octanol–water partition coefficient (Wildman–Crippen LogP) is 7.19. The molecule has 4 aromatic rings. The Kier molecular flexibility index (Phi) is 8.30. The molecule has 4 nitrogen and oxygen atoms in total. The number of hydrogen-bond donors (Lipinski definition) is 1. The molecule has 1 saturated carbocycles. The summed E-state index contributed by atoms with van der Waals surface area (Å²) in [5, 5.41) is 11.9. The molecule has 0 radical (unpaired) electrons. The van der Waals surface area contributed by atoms with Gasteiger partial charge in [-0.2, -0.15) is 5.26 Å². The molecule has 0 bridgehead atoms. The number of hydrogen-bond acceptors (Lipinski definition) is 4. The Hall–Kier alpha value is -3.20. The van der Waals surface area contributed by atoms with Gasteiger partial charge in [-0.25, -0.2) is 0 Å². The maximum absolute atomic E-state index is 9.95. The summed E-state index contributed by atoms with van der Waals surface area (Å²) in [6.45, 7) is 3.53. The van der Waals surface area contributed by atoms with E-state index in [1.165, 1.54) is 12.8 Å². The molecule has 174 valence electrons. The molecular formula is C29H31N3OS. The van der Waals surface area contributed by atoms with Crippen LogP contribution in [0.25, 0.3) is 22.2 Å². The molecule has 3 aromatic carbocycles. The Labute approximate surface area is 206 Å². The molecule has 0 amide bonds. The van der Waals surface area contributed by atoms with Crippen LogP contribution in [-0.4, -0.2) is 16.9 Å². The van der Waals surface area contributed by atoms with Crippen LogP contribution in [0.4, 0.5) is 0 Å². The first-order chi connectivity index (χ1) is 16.7. The quantitative estimate of drug-likeness (QED) is 0.278. The summed E-state index contributed by atoms with van der Waals surface area (Å²) in [6.07, 6.45) is 3.84. The van der Waals surface area contributed by atoms with Gasteiger partial charge in [0.25, 0.3) is 0 Å². The minimum Gasteiger partial charge on any atom is -0.489 e. The fraction of sp³-hybridized carbons (Fsp3) is 0.276. The zero-order valence-corrected chi connectivity index (χ0v) is 20.6. The van der Waals surface area contributed by atoms with Crippen molar-refractivity contribution in [2.24, 2.45) is 0 Å². The lowest BCUT2D eigenvalue weighted by molar-refractivity contribution is 0.306. The van der Waals surface area contributed by atoms with Gasteiger partial charge >= 0.3 is 0 Å². The molecule has 1 aliphatic carbocycles. The summed E-state index contributed by atoms with van der Waals surface area (Å²) in [7, 11) is 1.98. The summed E-state index contributed by atoms with van der Waals surface area (Å²) >= 11 is 1.85. The van der Waals surface area contributed by atoms with Crippen LogP contribution in [0.1, 0.15) is 37.3 Å². The van der Waals surface area contributed by atoms with Gasteiger partial charge in [0.2, 0.25) is 0 Å². The number of nitrogens with one attached hydrogen (secondary N) is 1. The predicted molar refractivity (Wildman–Crippen MR) is 143 cm³/mol.